The van der Waals surface area contributed by atoms with Crippen LogP contribution < -0.4 is 28.4 Å². The molecule has 0 atom stereocenters. The van der Waals surface area contributed by atoms with Crippen LogP contribution >= 0.6 is 15.9 Å². The number of hydrogen-bond donors (Lipinski definition) is 0. The van der Waals surface area contributed by atoms with E-state index in [1.54, 1.807) is 0 Å². The molecule has 0 amide bonds. The number of rotatable bonds is 17. The smallest absolute Gasteiger partial charge is 0.339 e. The van der Waals surface area contributed by atoms with Crippen molar-refractivity contribution in [1.82, 2.24) is 0 Å². The summed E-state index contributed by atoms with van der Waals surface area (Å²) < 4.78 is 49.1. The summed E-state index contributed by atoms with van der Waals surface area (Å²) in [6.07, 6.45) is 0. The first-order valence-electron chi connectivity index (χ1n) is 17.9. The Balaban J connectivity index is 1.64. The van der Waals surface area contributed by atoms with Crippen molar-refractivity contribution in [3.63, 3.8) is 0 Å². The lowest BCUT2D eigenvalue weighted by Crippen LogP contribution is -2.14. The average molecular weight is 834 g/mol. The fourth-order valence-electron chi connectivity index (χ4n) is 6.14. The van der Waals surface area contributed by atoms with Crippen molar-refractivity contribution in [3.05, 3.63) is 165 Å². The first-order chi connectivity index (χ1) is 27.9. The van der Waals surface area contributed by atoms with Crippen molar-refractivity contribution in [1.29, 1.82) is 0 Å². The van der Waals surface area contributed by atoms with Crippen molar-refractivity contribution < 1.29 is 47.5 Å². The molecule has 0 saturated heterocycles. The van der Waals surface area contributed by atoms with E-state index in [0.717, 1.165) is 22.3 Å². The second-order valence-electron chi connectivity index (χ2n) is 12.5. The van der Waals surface area contributed by atoms with Gasteiger partial charge in [0.2, 0.25) is 11.5 Å². The molecule has 0 fully saturated rings. The van der Waals surface area contributed by atoms with Gasteiger partial charge >= 0.3 is 11.9 Å². The minimum Gasteiger partial charge on any atom is -0.492 e. The second kappa shape index (κ2) is 19.4. The number of halogens is 1. The predicted octanol–water partition coefficient (Wildman–Crippen LogP) is 10.0. The zero-order valence-electron chi connectivity index (χ0n) is 31.9. The maximum atomic E-state index is 14.1. The summed E-state index contributed by atoms with van der Waals surface area (Å²) >= 11 is 3.68. The molecule has 10 nitrogen and oxygen atoms in total. The van der Waals surface area contributed by atoms with E-state index in [2.05, 4.69) is 15.9 Å². The number of carbonyl (C=O) groups is 2. The molecule has 0 saturated carbocycles. The van der Waals surface area contributed by atoms with Crippen molar-refractivity contribution in [2.45, 2.75) is 26.4 Å². The summed E-state index contributed by atoms with van der Waals surface area (Å²) in [5.41, 5.74) is 3.57. The van der Waals surface area contributed by atoms with Crippen LogP contribution in [0, 0.1) is 0 Å². The van der Waals surface area contributed by atoms with Crippen LogP contribution in [0.3, 0.4) is 0 Å². The Bertz CT molecular complexity index is 2280. The SMILES string of the molecule is COC(=O)c1cc(OCc2ccccc2)c(OCc2ccccc2)c(OC)c1-c1c(OC)c(OCc2ccccc2)c(OCc2ccccc2)c(Br)c1C(=O)OC. The van der Waals surface area contributed by atoms with Crippen molar-refractivity contribution in [3.8, 4) is 45.6 Å². The Kier molecular flexibility index (Phi) is 13.7. The third-order valence-electron chi connectivity index (χ3n) is 8.88. The predicted molar refractivity (Wildman–Crippen MR) is 218 cm³/mol. The fourth-order valence-corrected chi connectivity index (χ4v) is 6.79. The highest BCUT2D eigenvalue weighted by atomic mass is 79.9. The van der Waals surface area contributed by atoms with Gasteiger partial charge in [0, 0.05) is 11.1 Å². The van der Waals surface area contributed by atoms with Gasteiger partial charge in [-0.25, -0.2) is 9.59 Å². The number of carbonyl (C=O) groups excluding carboxylic acids is 2. The summed E-state index contributed by atoms with van der Waals surface area (Å²) in [5, 5.41) is 0. The van der Waals surface area contributed by atoms with Gasteiger partial charge < -0.3 is 37.9 Å². The number of methoxy groups -OCH3 is 4. The third kappa shape index (κ3) is 9.33. The van der Waals surface area contributed by atoms with Crippen LogP contribution in [-0.2, 0) is 35.9 Å². The van der Waals surface area contributed by atoms with Crippen LogP contribution in [0.1, 0.15) is 43.0 Å². The second-order valence-corrected chi connectivity index (χ2v) is 13.3. The van der Waals surface area contributed by atoms with Gasteiger partial charge in [0.25, 0.3) is 0 Å². The van der Waals surface area contributed by atoms with E-state index in [9.17, 15) is 9.59 Å². The summed E-state index contributed by atoms with van der Waals surface area (Å²) in [6.45, 7) is 0.462. The molecule has 0 N–H and O–H groups in total. The van der Waals surface area contributed by atoms with E-state index in [0.29, 0.717) is 0 Å². The fraction of sp³-hybridized carbons (Fsp3) is 0.174. The molecule has 0 aliphatic carbocycles. The van der Waals surface area contributed by atoms with Gasteiger partial charge in [0.1, 0.15) is 26.4 Å². The van der Waals surface area contributed by atoms with Gasteiger partial charge in [-0.05, 0) is 44.3 Å². The molecule has 0 heterocycles. The van der Waals surface area contributed by atoms with Crippen LogP contribution in [-0.4, -0.2) is 40.4 Å². The molecule has 0 bridgehead atoms. The van der Waals surface area contributed by atoms with Crippen molar-refractivity contribution in [2.75, 3.05) is 28.4 Å². The molecule has 57 heavy (non-hydrogen) atoms. The standard InChI is InChI=1S/C46H41BrO10/c1-50-41-36(34(45(48)52-3)25-35(54-26-30-17-9-5-10-18-30)40(41)55-27-31-19-11-6-12-20-31)37-38(46(49)53-4)39(47)43(56-28-32-21-13-7-14-22-32)44(42(37)51-2)57-29-33-23-15-8-16-24-33/h5-25H,26-29H2,1-4H3. The van der Waals surface area contributed by atoms with Crippen LogP contribution in [0.5, 0.6) is 34.5 Å². The lowest BCUT2D eigenvalue weighted by Gasteiger charge is -2.26. The van der Waals surface area contributed by atoms with Crippen molar-refractivity contribution in [2.24, 2.45) is 0 Å². The third-order valence-corrected chi connectivity index (χ3v) is 9.64. The molecule has 0 aliphatic rings. The largest absolute Gasteiger partial charge is 0.492 e. The minimum atomic E-state index is -0.775. The monoisotopic (exact) mass is 832 g/mol. The zero-order chi connectivity index (χ0) is 40.1. The summed E-state index contributed by atoms with van der Waals surface area (Å²) in [6, 6.07) is 39.7. The Morgan fingerprint density at radius 3 is 1.26 bits per heavy atom. The maximum absolute atomic E-state index is 14.1. The maximum Gasteiger partial charge on any atom is 0.339 e. The minimum absolute atomic E-state index is 0.0215. The number of esters is 2. The first kappa shape index (κ1) is 40.2. The van der Waals surface area contributed by atoms with E-state index >= 15 is 0 Å². The first-order valence-corrected chi connectivity index (χ1v) is 18.7. The van der Waals surface area contributed by atoms with E-state index in [1.807, 2.05) is 121 Å². The highest BCUT2D eigenvalue weighted by Gasteiger charge is 2.37. The highest BCUT2D eigenvalue weighted by molar-refractivity contribution is 9.10. The van der Waals surface area contributed by atoms with Crippen LogP contribution in [0.25, 0.3) is 11.1 Å². The Morgan fingerprint density at radius 1 is 0.456 bits per heavy atom. The molecule has 0 unspecified atom stereocenters. The Hall–Kier alpha value is -6.46. The summed E-state index contributed by atoms with van der Waals surface area (Å²) in [5.74, 6) is -0.774. The molecular weight excluding hydrogens is 792 g/mol. The molecule has 292 valence electrons. The number of ether oxygens (including phenoxy) is 8. The summed E-state index contributed by atoms with van der Waals surface area (Å²) in [4.78, 5) is 28.0. The van der Waals surface area contributed by atoms with Crippen LogP contribution in [0.15, 0.2) is 132 Å². The molecule has 6 aromatic rings. The van der Waals surface area contributed by atoms with Gasteiger partial charge in [-0.15, -0.1) is 0 Å². The number of hydrogen-bond acceptors (Lipinski definition) is 10. The van der Waals surface area contributed by atoms with E-state index in [-0.39, 0.29) is 87.7 Å². The molecular formula is C46H41BrO10. The van der Waals surface area contributed by atoms with Gasteiger partial charge in [0.15, 0.2) is 23.0 Å². The van der Waals surface area contributed by atoms with Crippen LogP contribution in [0.4, 0.5) is 0 Å². The van der Waals surface area contributed by atoms with E-state index < -0.39 is 11.9 Å². The average Bonchev–Trinajstić information content (AvgIpc) is 3.26. The Labute approximate surface area is 339 Å². The van der Waals surface area contributed by atoms with Crippen molar-refractivity contribution >= 4 is 27.9 Å². The lowest BCUT2D eigenvalue weighted by atomic mass is 9.91. The van der Waals surface area contributed by atoms with E-state index in [4.69, 9.17) is 37.9 Å². The van der Waals surface area contributed by atoms with Gasteiger partial charge in [-0.1, -0.05) is 121 Å². The molecule has 0 spiro atoms. The van der Waals surface area contributed by atoms with E-state index in [1.165, 1.54) is 34.5 Å². The van der Waals surface area contributed by atoms with Gasteiger partial charge in [0.05, 0.1) is 44.0 Å². The lowest BCUT2D eigenvalue weighted by molar-refractivity contribution is 0.0588. The Morgan fingerprint density at radius 2 is 0.842 bits per heavy atom. The summed E-state index contributed by atoms with van der Waals surface area (Å²) in [7, 11) is 5.37. The molecule has 6 rings (SSSR count). The van der Waals surface area contributed by atoms with Gasteiger partial charge in [-0.3, -0.25) is 0 Å². The molecule has 0 radical (unpaired) electrons. The molecule has 6 aromatic carbocycles. The molecule has 0 aromatic heterocycles. The van der Waals surface area contributed by atoms with Crippen LogP contribution in [0.2, 0.25) is 0 Å². The molecule has 0 aliphatic heterocycles. The number of benzene rings is 6. The van der Waals surface area contributed by atoms with Gasteiger partial charge in [-0.2, -0.15) is 0 Å². The normalized spacial score (nSPS) is 10.6. The highest BCUT2D eigenvalue weighted by Crippen LogP contribution is 2.57. The zero-order valence-corrected chi connectivity index (χ0v) is 33.5. The topological polar surface area (TPSA) is 108 Å². The quantitative estimate of drug-likeness (QED) is 0.0825. The molecule has 11 heteroatoms.